The van der Waals surface area contributed by atoms with Gasteiger partial charge in [-0.25, -0.2) is 0 Å². The van der Waals surface area contributed by atoms with Crippen LogP contribution in [0.3, 0.4) is 0 Å². The van der Waals surface area contributed by atoms with Crippen LogP contribution in [0.25, 0.3) is 0 Å². The summed E-state index contributed by atoms with van der Waals surface area (Å²) >= 11 is 0. The van der Waals surface area contributed by atoms with E-state index in [-0.39, 0.29) is 11.9 Å². The van der Waals surface area contributed by atoms with Gasteiger partial charge in [-0.2, -0.15) is 0 Å². The molecule has 0 aromatic heterocycles. The van der Waals surface area contributed by atoms with Crippen molar-refractivity contribution in [2.24, 2.45) is 5.92 Å². The smallest absolute Gasteiger partial charge is 0.325 e. The Hall–Kier alpha value is -2.08. The summed E-state index contributed by atoms with van der Waals surface area (Å²) in [6.07, 6.45) is 9.63. The van der Waals surface area contributed by atoms with Crippen molar-refractivity contribution in [3.63, 3.8) is 0 Å². The van der Waals surface area contributed by atoms with Crippen molar-refractivity contribution in [3.05, 3.63) is 18.2 Å². The van der Waals surface area contributed by atoms with E-state index in [4.69, 9.17) is 9.47 Å². The molecule has 1 aromatic rings. The van der Waals surface area contributed by atoms with Crippen LogP contribution < -0.4 is 14.8 Å². The van der Waals surface area contributed by atoms with Gasteiger partial charge in [-0.3, -0.25) is 14.5 Å². The second kappa shape index (κ2) is 13.3. The number of ether oxygens (including phenoxy) is 2. The minimum absolute atomic E-state index is 0.00393. The topological polar surface area (TPSA) is 67.9 Å². The maximum Gasteiger partial charge on any atom is 0.325 e. The Kier molecular flexibility index (Phi) is 10.7. The summed E-state index contributed by atoms with van der Waals surface area (Å²) < 4.78 is 10.9. The average molecular weight is 419 g/mol. The van der Waals surface area contributed by atoms with E-state index in [9.17, 15) is 9.59 Å². The monoisotopic (exact) mass is 418 g/mol. The number of likely N-dealkylation sites (tertiary alicyclic amines) is 1. The molecular weight excluding hydrogens is 380 g/mol. The number of nitrogens with one attached hydrogen (secondary N) is 1. The minimum Gasteiger partial charge on any atom is -0.493 e. The molecule has 30 heavy (non-hydrogen) atoms. The van der Waals surface area contributed by atoms with Gasteiger partial charge in [0.1, 0.15) is 0 Å². The number of anilines is 1. The molecule has 1 N–H and O–H groups in total. The van der Waals surface area contributed by atoms with Crippen molar-refractivity contribution in [3.8, 4) is 11.5 Å². The number of benzene rings is 1. The fourth-order valence-corrected chi connectivity index (χ4v) is 3.70. The molecule has 6 nitrogen and oxygen atoms in total. The number of hydrogen-bond acceptors (Lipinski definition) is 5. The molecule has 6 heteroatoms. The quantitative estimate of drug-likeness (QED) is 0.293. The molecule has 1 aromatic carbocycles. The van der Waals surface area contributed by atoms with Gasteiger partial charge < -0.3 is 14.8 Å². The molecule has 2 rings (SSSR count). The lowest BCUT2D eigenvalue weighted by molar-refractivity contribution is -0.136. The lowest BCUT2D eigenvalue weighted by Gasteiger charge is -2.25. The Morgan fingerprint density at radius 2 is 1.77 bits per heavy atom. The fourth-order valence-electron chi connectivity index (χ4n) is 3.70. The molecular formula is C24H38N2O4. The molecule has 1 amide bonds. The molecule has 1 saturated heterocycles. The van der Waals surface area contributed by atoms with Crippen LogP contribution in [0.15, 0.2) is 18.2 Å². The number of hydrogen-bond donors (Lipinski definition) is 1. The van der Waals surface area contributed by atoms with Gasteiger partial charge in [-0.1, -0.05) is 46.0 Å². The molecule has 0 radical (unpaired) electrons. The zero-order valence-electron chi connectivity index (χ0n) is 18.9. The van der Waals surface area contributed by atoms with Crippen molar-refractivity contribution in [2.75, 3.05) is 32.1 Å². The highest BCUT2D eigenvalue weighted by atomic mass is 16.6. The van der Waals surface area contributed by atoms with Crippen LogP contribution in [0.2, 0.25) is 0 Å². The number of unbranched alkanes of at least 4 members (excludes halogenated alkanes) is 3. The van der Waals surface area contributed by atoms with E-state index in [1.54, 1.807) is 18.2 Å². The van der Waals surface area contributed by atoms with Crippen LogP contribution >= 0.6 is 0 Å². The van der Waals surface area contributed by atoms with Crippen molar-refractivity contribution >= 4 is 17.6 Å². The number of methoxy groups -OCH3 is 1. The Labute approximate surface area is 181 Å². The highest BCUT2D eigenvalue weighted by Gasteiger charge is 2.17. The number of piperidine rings is 1. The summed E-state index contributed by atoms with van der Waals surface area (Å²) in [7, 11) is 1.53. The molecule has 1 fully saturated rings. The molecule has 0 bridgehead atoms. The predicted molar refractivity (Wildman–Crippen MR) is 120 cm³/mol. The Morgan fingerprint density at radius 1 is 1.03 bits per heavy atom. The minimum atomic E-state index is -0.288. The molecule has 1 aliphatic heterocycles. The van der Waals surface area contributed by atoms with Crippen LogP contribution in [0.1, 0.15) is 71.6 Å². The Balaban J connectivity index is 1.77. The Morgan fingerprint density at radius 3 is 2.47 bits per heavy atom. The average Bonchev–Trinajstić information content (AvgIpc) is 2.72. The summed E-state index contributed by atoms with van der Waals surface area (Å²) in [6.45, 7) is 6.65. The van der Waals surface area contributed by atoms with E-state index in [1.165, 1.54) is 32.8 Å². The summed E-state index contributed by atoms with van der Waals surface area (Å²) in [4.78, 5) is 26.6. The van der Waals surface area contributed by atoms with Crippen LogP contribution in [0, 0.1) is 5.92 Å². The number of carbonyl (C=O) groups is 2. The van der Waals surface area contributed by atoms with Crippen molar-refractivity contribution in [1.29, 1.82) is 0 Å². The van der Waals surface area contributed by atoms with Gasteiger partial charge in [0.2, 0.25) is 5.91 Å². The summed E-state index contributed by atoms with van der Waals surface area (Å²) in [5.41, 5.74) is 0.646. The van der Waals surface area contributed by atoms with Crippen LogP contribution in [0.4, 0.5) is 5.69 Å². The first kappa shape index (κ1) is 24.2. The van der Waals surface area contributed by atoms with Crippen molar-refractivity contribution in [1.82, 2.24) is 4.90 Å². The summed E-state index contributed by atoms with van der Waals surface area (Å²) in [5.74, 6) is 1.27. The van der Waals surface area contributed by atoms with Gasteiger partial charge in [-0.05, 0) is 50.4 Å². The van der Waals surface area contributed by atoms with Crippen LogP contribution in [-0.4, -0.2) is 43.5 Å². The maximum absolute atomic E-state index is 12.3. The number of rotatable bonds is 12. The third kappa shape index (κ3) is 9.16. The second-order valence-corrected chi connectivity index (χ2v) is 8.57. The third-order valence-electron chi connectivity index (χ3n) is 5.41. The summed E-state index contributed by atoms with van der Waals surface area (Å²) in [5, 5.41) is 2.90. The van der Waals surface area contributed by atoms with Gasteiger partial charge in [0.25, 0.3) is 0 Å². The number of nitrogens with zero attached hydrogens (tertiary/aromatic N) is 1. The normalized spacial score (nSPS) is 14.5. The predicted octanol–water partition coefficient (Wildman–Crippen LogP) is 5.02. The first-order valence-electron chi connectivity index (χ1n) is 11.4. The molecule has 1 heterocycles. The Bertz CT molecular complexity index is 669. The zero-order chi connectivity index (χ0) is 21.8. The van der Waals surface area contributed by atoms with Crippen molar-refractivity contribution in [2.45, 2.75) is 71.6 Å². The molecule has 168 valence electrons. The number of amides is 1. The summed E-state index contributed by atoms with van der Waals surface area (Å²) in [6, 6.07) is 5.12. The van der Waals surface area contributed by atoms with Crippen LogP contribution in [0.5, 0.6) is 11.5 Å². The molecule has 0 unspecified atom stereocenters. The largest absolute Gasteiger partial charge is 0.493 e. The second-order valence-electron chi connectivity index (χ2n) is 8.57. The number of esters is 1. The van der Waals surface area contributed by atoms with E-state index in [1.807, 2.05) is 0 Å². The lowest BCUT2D eigenvalue weighted by atomic mass is 10.0. The van der Waals surface area contributed by atoms with E-state index in [2.05, 4.69) is 24.1 Å². The third-order valence-corrected chi connectivity index (χ3v) is 5.41. The van der Waals surface area contributed by atoms with Crippen LogP contribution in [-0.2, 0) is 9.59 Å². The molecule has 0 spiro atoms. The van der Waals surface area contributed by atoms with Gasteiger partial charge >= 0.3 is 5.97 Å². The van der Waals surface area contributed by atoms with Crippen molar-refractivity contribution < 1.29 is 19.1 Å². The van der Waals surface area contributed by atoms with Gasteiger partial charge in [0, 0.05) is 18.2 Å². The molecule has 0 aliphatic carbocycles. The number of carbonyl (C=O) groups excluding carboxylic acids is 2. The van der Waals surface area contributed by atoms with E-state index in [0.717, 1.165) is 44.7 Å². The van der Waals surface area contributed by atoms with Gasteiger partial charge in [-0.15, -0.1) is 0 Å². The van der Waals surface area contributed by atoms with E-state index >= 15 is 0 Å². The molecule has 0 atom stereocenters. The molecule has 1 aliphatic rings. The van der Waals surface area contributed by atoms with E-state index in [0.29, 0.717) is 30.2 Å². The maximum atomic E-state index is 12.3. The SMILES string of the molecule is COc1cc(NC(=O)CCCCCCC(C)C)ccc1OC(=O)CN1CCCCC1. The standard InChI is InChI=1S/C24H38N2O4/c1-19(2)11-7-4-5-8-12-23(27)25-20-13-14-21(22(17-20)29-3)30-24(28)18-26-15-9-6-10-16-26/h13-14,17,19H,4-12,15-16,18H2,1-3H3,(H,25,27). The highest BCUT2D eigenvalue weighted by Crippen LogP contribution is 2.30. The van der Waals surface area contributed by atoms with E-state index < -0.39 is 0 Å². The lowest BCUT2D eigenvalue weighted by Crippen LogP contribution is -2.36. The van der Waals surface area contributed by atoms with Gasteiger partial charge in [0.15, 0.2) is 11.5 Å². The zero-order valence-corrected chi connectivity index (χ0v) is 18.9. The highest BCUT2D eigenvalue weighted by molar-refractivity contribution is 5.91. The fraction of sp³-hybridized carbons (Fsp3) is 0.667. The van der Waals surface area contributed by atoms with Gasteiger partial charge in [0.05, 0.1) is 13.7 Å². The first-order chi connectivity index (χ1) is 14.5. The molecule has 0 saturated carbocycles. The first-order valence-corrected chi connectivity index (χ1v) is 11.4.